The second-order valence-electron chi connectivity index (χ2n) is 18.2. The van der Waals surface area contributed by atoms with Crippen molar-refractivity contribution in [3.8, 4) is 0 Å². The van der Waals surface area contributed by atoms with Crippen molar-refractivity contribution in [3.63, 3.8) is 0 Å². The average molecular weight is 895 g/mol. The van der Waals surface area contributed by atoms with E-state index in [1.165, 1.54) is 154 Å². The molecule has 370 valence electrons. The lowest BCUT2D eigenvalue weighted by Crippen LogP contribution is -2.30. The van der Waals surface area contributed by atoms with Crippen LogP contribution >= 0.6 is 0 Å². The van der Waals surface area contributed by atoms with Crippen LogP contribution in [0.1, 0.15) is 271 Å². The quantitative estimate of drug-likeness (QED) is 0.0199. The first-order valence-electron chi connectivity index (χ1n) is 27.3. The SMILES string of the molecule is CCCC/C=C\C=C/CCCCCC(=O)OCC(COC(=O)CCCCCCCCCCCCCCCCCCCC)OC(=O)CCC/C=C\C/C=C\C/C=C\CCCCCCCC. The minimum atomic E-state index is -0.809. The summed E-state index contributed by atoms with van der Waals surface area (Å²) in [6.07, 6.45) is 65.1. The summed E-state index contributed by atoms with van der Waals surface area (Å²) in [5, 5.41) is 0. The Morgan fingerprint density at radius 3 is 1.08 bits per heavy atom. The van der Waals surface area contributed by atoms with Crippen LogP contribution in [0.25, 0.3) is 0 Å². The van der Waals surface area contributed by atoms with Crippen molar-refractivity contribution in [2.24, 2.45) is 0 Å². The highest BCUT2D eigenvalue weighted by molar-refractivity contribution is 5.71. The molecule has 0 aliphatic carbocycles. The van der Waals surface area contributed by atoms with Gasteiger partial charge in [-0.25, -0.2) is 0 Å². The molecule has 0 rings (SSSR count). The number of carbonyl (C=O) groups is 3. The Labute approximate surface area is 396 Å². The fraction of sp³-hybridized carbons (Fsp3) is 0.776. The summed E-state index contributed by atoms with van der Waals surface area (Å²) in [6.45, 7) is 6.53. The van der Waals surface area contributed by atoms with Crippen molar-refractivity contribution < 1.29 is 28.6 Å². The summed E-state index contributed by atoms with van der Waals surface area (Å²) in [4.78, 5) is 38.0. The number of carbonyl (C=O) groups excluding carboxylic acids is 3. The minimum Gasteiger partial charge on any atom is -0.462 e. The normalized spacial score (nSPS) is 12.5. The summed E-state index contributed by atoms with van der Waals surface area (Å²) in [5.74, 6) is -0.975. The van der Waals surface area contributed by atoms with E-state index in [1.54, 1.807) is 0 Å². The predicted molar refractivity (Wildman–Crippen MR) is 275 cm³/mol. The monoisotopic (exact) mass is 895 g/mol. The van der Waals surface area contributed by atoms with Gasteiger partial charge in [0.25, 0.3) is 0 Å². The van der Waals surface area contributed by atoms with Gasteiger partial charge in [0.1, 0.15) is 13.2 Å². The molecule has 0 fully saturated rings. The maximum absolute atomic E-state index is 12.8. The van der Waals surface area contributed by atoms with Crippen molar-refractivity contribution >= 4 is 17.9 Å². The van der Waals surface area contributed by atoms with Crippen molar-refractivity contribution in [2.75, 3.05) is 13.2 Å². The van der Waals surface area contributed by atoms with E-state index in [9.17, 15) is 14.4 Å². The average Bonchev–Trinajstić information content (AvgIpc) is 3.29. The van der Waals surface area contributed by atoms with Gasteiger partial charge in [-0.1, -0.05) is 242 Å². The largest absolute Gasteiger partial charge is 0.462 e. The molecule has 0 amide bonds. The molecule has 1 atom stereocenters. The van der Waals surface area contributed by atoms with E-state index < -0.39 is 6.10 Å². The molecule has 0 saturated carbocycles. The Hall–Kier alpha value is -2.89. The Morgan fingerprint density at radius 2 is 0.641 bits per heavy atom. The molecule has 0 aromatic rings. The first kappa shape index (κ1) is 61.1. The Bertz CT molecular complexity index is 1170. The number of hydrogen-bond acceptors (Lipinski definition) is 6. The minimum absolute atomic E-state index is 0.101. The van der Waals surface area contributed by atoms with E-state index in [4.69, 9.17) is 14.2 Å². The van der Waals surface area contributed by atoms with Crippen LogP contribution in [0.5, 0.6) is 0 Å². The van der Waals surface area contributed by atoms with E-state index in [-0.39, 0.29) is 37.5 Å². The number of hydrogen-bond donors (Lipinski definition) is 0. The van der Waals surface area contributed by atoms with Crippen molar-refractivity contribution in [3.05, 3.63) is 60.8 Å². The fourth-order valence-electron chi connectivity index (χ4n) is 7.61. The predicted octanol–water partition coefficient (Wildman–Crippen LogP) is 18.0. The Balaban J connectivity index is 4.41. The summed E-state index contributed by atoms with van der Waals surface area (Å²) >= 11 is 0. The number of esters is 3. The second kappa shape index (κ2) is 52.7. The lowest BCUT2D eigenvalue weighted by molar-refractivity contribution is -0.167. The highest BCUT2D eigenvalue weighted by Crippen LogP contribution is 2.16. The molecule has 0 spiro atoms. The van der Waals surface area contributed by atoms with Gasteiger partial charge in [0, 0.05) is 19.3 Å². The summed E-state index contributed by atoms with van der Waals surface area (Å²) < 4.78 is 16.7. The molecular formula is C58H102O6. The van der Waals surface area contributed by atoms with Crippen molar-refractivity contribution in [1.29, 1.82) is 0 Å². The molecule has 0 N–H and O–H groups in total. The Morgan fingerprint density at radius 1 is 0.328 bits per heavy atom. The lowest BCUT2D eigenvalue weighted by Gasteiger charge is -2.18. The molecular weight excluding hydrogens is 793 g/mol. The third kappa shape index (κ3) is 50.1. The van der Waals surface area contributed by atoms with Crippen molar-refractivity contribution in [2.45, 2.75) is 277 Å². The fourth-order valence-corrected chi connectivity index (χ4v) is 7.61. The molecule has 64 heavy (non-hydrogen) atoms. The van der Waals surface area contributed by atoms with E-state index in [1.807, 2.05) is 0 Å². The molecule has 0 aromatic heterocycles. The zero-order chi connectivity index (χ0) is 46.5. The standard InChI is InChI=1S/C58H102O6/c1-4-7-10-13-16-19-22-24-26-28-30-31-33-36-39-42-45-48-51-57(60)63-54-55(53-62-56(59)50-47-44-41-38-35-21-18-15-12-9-6-3)64-58(61)52-49-46-43-40-37-34-32-29-27-25-23-20-17-14-11-8-5-2/h15,18,21,25,27,32,34-35,40,43,55H,4-14,16-17,19-20,22-24,26,28-31,33,36-39,41-42,44-54H2,1-3H3/b18-15-,27-25-,34-32-,35-21-,43-40-. The van der Waals surface area contributed by atoms with E-state index in [0.29, 0.717) is 19.3 Å². The van der Waals surface area contributed by atoms with Gasteiger partial charge in [0.15, 0.2) is 6.10 Å². The molecule has 6 nitrogen and oxygen atoms in total. The number of unbranched alkanes of at least 4 members (excludes halogenated alkanes) is 29. The molecule has 0 radical (unpaired) electrons. The topological polar surface area (TPSA) is 78.9 Å². The molecule has 0 aliphatic heterocycles. The van der Waals surface area contributed by atoms with E-state index in [2.05, 4.69) is 81.5 Å². The van der Waals surface area contributed by atoms with Gasteiger partial charge >= 0.3 is 17.9 Å². The van der Waals surface area contributed by atoms with E-state index >= 15 is 0 Å². The summed E-state index contributed by atoms with van der Waals surface area (Å²) in [7, 11) is 0. The maximum Gasteiger partial charge on any atom is 0.306 e. The first-order chi connectivity index (χ1) is 31.5. The van der Waals surface area contributed by atoms with Crippen LogP contribution in [0, 0.1) is 0 Å². The molecule has 0 heterocycles. The zero-order valence-corrected chi connectivity index (χ0v) is 42.3. The van der Waals surface area contributed by atoms with Gasteiger partial charge in [0.2, 0.25) is 0 Å². The molecule has 0 aliphatic rings. The molecule has 0 aromatic carbocycles. The lowest BCUT2D eigenvalue weighted by atomic mass is 10.0. The number of ether oxygens (including phenoxy) is 3. The van der Waals surface area contributed by atoms with Crippen LogP contribution in [-0.4, -0.2) is 37.2 Å². The second-order valence-corrected chi connectivity index (χ2v) is 18.2. The smallest absolute Gasteiger partial charge is 0.306 e. The molecule has 1 unspecified atom stereocenters. The third-order valence-electron chi connectivity index (χ3n) is 11.8. The highest BCUT2D eigenvalue weighted by atomic mass is 16.6. The molecule has 0 bridgehead atoms. The van der Waals surface area contributed by atoms with Crippen LogP contribution in [0.15, 0.2) is 60.8 Å². The van der Waals surface area contributed by atoms with Gasteiger partial charge in [-0.3, -0.25) is 14.4 Å². The number of rotatable bonds is 49. The van der Waals surface area contributed by atoms with E-state index in [0.717, 1.165) is 70.6 Å². The van der Waals surface area contributed by atoms with Crippen molar-refractivity contribution in [1.82, 2.24) is 0 Å². The Kier molecular flexibility index (Phi) is 50.4. The highest BCUT2D eigenvalue weighted by Gasteiger charge is 2.19. The third-order valence-corrected chi connectivity index (χ3v) is 11.8. The molecule has 6 heteroatoms. The van der Waals surface area contributed by atoms with Crippen LogP contribution in [0.4, 0.5) is 0 Å². The van der Waals surface area contributed by atoms with Crippen LogP contribution in [-0.2, 0) is 28.6 Å². The van der Waals surface area contributed by atoms with Gasteiger partial charge < -0.3 is 14.2 Å². The van der Waals surface area contributed by atoms with Crippen LogP contribution in [0.3, 0.4) is 0 Å². The van der Waals surface area contributed by atoms with Gasteiger partial charge in [-0.15, -0.1) is 0 Å². The van der Waals surface area contributed by atoms with Crippen LogP contribution < -0.4 is 0 Å². The summed E-state index contributed by atoms with van der Waals surface area (Å²) in [5.41, 5.74) is 0. The molecule has 0 saturated heterocycles. The zero-order valence-electron chi connectivity index (χ0n) is 42.3. The maximum atomic E-state index is 12.8. The van der Waals surface area contributed by atoms with Crippen LogP contribution in [0.2, 0.25) is 0 Å². The number of allylic oxidation sites excluding steroid dienone is 10. The van der Waals surface area contributed by atoms with Gasteiger partial charge in [-0.2, -0.15) is 0 Å². The summed E-state index contributed by atoms with van der Waals surface area (Å²) in [6, 6.07) is 0. The van der Waals surface area contributed by atoms with Gasteiger partial charge in [-0.05, 0) is 70.6 Å². The first-order valence-corrected chi connectivity index (χ1v) is 27.3. The van der Waals surface area contributed by atoms with Gasteiger partial charge in [0.05, 0.1) is 0 Å².